The van der Waals surface area contributed by atoms with Crippen molar-refractivity contribution in [3.05, 3.63) is 53.5 Å². The third kappa shape index (κ3) is 4.18. The molecule has 4 nitrogen and oxygen atoms in total. The van der Waals surface area contributed by atoms with Crippen LogP contribution in [0.4, 0.5) is 10.1 Å². The van der Waals surface area contributed by atoms with Gasteiger partial charge >= 0.3 is 0 Å². The van der Waals surface area contributed by atoms with Crippen molar-refractivity contribution in [3.8, 4) is 11.9 Å². The number of pyridine rings is 1. The van der Waals surface area contributed by atoms with Crippen LogP contribution >= 0.6 is 0 Å². The molecule has 0 spiro atoms. The van der Waals surface area contributed by atoms with E-state index >= 15 is 0 Å². The molecule has 0 aliphatic rings. The van der Waals surface area contributed by atoms with E-state index in [0.29, 0.717) is 18.1 Å². The van der Waals surface area contributed by atoms with Gasteiger partial charge in [0.1, 0.15) is 11.9 Å². The van der Waals surface area contributed by atoms with E-state index in [-0.39, 0.29) is 11.7 Å². The number of nitrogens with zero attached hydrogens (tertiary/aromatic N) is 2. The van der Waals surface area contributed by atoms with Crippen LogP contribution in [0.5, 0.6) is 5.88 Å². The first kappa shape index (κ1) is 14.8. The standard InChI is InChI=1S/C16H16FN3O/c1-11(2)21-16-6-3-12(10-20-16)9-19-15-5-4-14(17)7-13(15)8-18/h3-7,10-11,19H,9H2,1-2H3. The quantitative estimate of drug-likeness (QED) is 0.913. The van der Waals surface area contributed by atoms with Gasteiger partial charge in [-0.05, 0) is 37.6 Å². The Hall–Kier alpha value is -2.61. The molecule has 1 N–H and O–H groups in total. The van der Waals surface area contributed by atoms with Crippen molar-refractivity contribution in [2.75, 3.05) is 5.32 Å². The normalized spacial score (nSPS) is 10.2. The SMILES string of the molecule is CC(C)Oc1ccc(CNc2ccc(F)cc2C#N)cn1. The van der Waals surface area contributed by atoms with Crippen LogP contribution in [-0.2, 0) is 6.54 Å². The Bertz CT molecular complexity index is 648. The summed E-state index contributed by atoms with van der Waals surface area (Å²) in [6.07, 6.45) is 1.79. The minimum absolute atomic E-state index is 0.0823. The second-order valence-electron chi connectivity index (χ2n) is 4.83. The highest BCUT2D eigenvalue weighted by Crippen LogP contribution is 2.17. The fourth-order valence-corrected chi connectivity index (χ4v) is 1.79. The lowest BCUT2D eigenvalue weighted by Gasteiger charge is -2.10. The summed E-state index contributed by atoms with van der Waals surface area (Å²) in [7, 11) is 0. The molecule has 0 bridgehead atoms. The van der Waals surface area contributed by atoms with Crippen LogP contribution in [0.3, 0.4) is 0 Å². The van der Waals surface area contributed by atoms with Crippen molar-refractivity contribution in [1.29, 1.82) is 5.26 Å². The summed E-state index contributed by atoms with van der Waals surface area (Å²) in [4.78, 5) is 4.20. The number of hydrogen-bond acceptors (Lipinski definition) is 4. The van der Waals surface area contributed by atoms with Gasteiger partial charge in [-0.3, -0.25) is 0 Å². The van der Waals surface area contributed by atoms with E-state index in [2.05, 4.69) is 10.3 Å². The third-order valence-corrected chi connectivity index (χ3v) is 2.74. The fourth-order valence-electron chi connectivity index (χ4n) is 1.79. The Labute approximate surface area is 123 Å². The Balaban J connectivity index is 2.02. The zero-order chi connectivity index (χ0) is 15.2. The number of nitrogens with one attached hydrogen (secondary N) is 1. The fraction of sp³-hybridized carbons (Fsp3) is 0.250. The van der Waals surface area contributed by atoms with Crippen molar-refractivity contribution in [3.63, 3.8) is 0 Å². The Morgan fingerprint density at radius 1 is 1.33 bits per heavy atom. The van der Waals surface area contributed by atoms with Crippen molar-refractivity contribution in [2.24, 2.45) is 0 Å². The predicted molar refractivity (Wildman–Crippen MR) is 78.4 cm³/mol. The van der Waals surface area contributed by atoms with E-state index in [4.69, 9.17) is 10.00 Å². The molecule has 0 aliphatic heterocycles. The summed E-state index contributed by atoms with van der Waals surface area (Å²) in [5.74, 6) is 0.155. The van der Waals surface area contributed by atoms with Crippen molar-refractivity contribution in [1.82, 2.24) is 4.98 Å². The minimum atomic E-state index is -0.422. The Morgan fingerprint density at radius 2 is 2.14 bits per heavy atom. The molecule has 2 aromatic rings. The Kier molecular flexibility index (Phi) is 4.72. The Morgan fingerprint density at radius 3 is 2.76 bits per heavy atom. The lowest BCUT2D eigenvalue weighted by molar-refractivity contribution is 0.232. The maximum absolute atomic E-state index is 13.0. The number of aromatic nitrogens is 1. The number of benzene rings is 1. The number of rotatable bonds is 5. The zero-order valence-corrected chi connectivity index (χ0v) is 11.9. The van der Waals surface area contributed by atoms with E-state index in [0.717, 1.165) is 5.56 Å². The molecule has 5 heteroatoms. The summed E-state index contributed by atoms with van der Waals surface area (Å²) in [5.41, 5.74) is 1.82. The monoisotopic (exact) mass is 285 g/mol. The maximum atomic E-state index is 13.0. The van der Waals surface area contributed by atoms with Gasteiger partial charge in [0.15, 0.2) is 0 Å². The molecule has 0 aliphatic carbocycles. The maximum Gasteiger partial charge on any atom is 0.213 e. The van der Waals surface area contributed by atoms with E-state index in [1.54, 1.807) is 18.3 Å². The van der Waals surface area contributed by atoms with Gasteiger partial charge in [0.05, 0.1) is 17.4 Å². The van der Waals surface area contributed by atoms with Gasteiger partial charge in [-0.15, -0.1) is 0 Å². The second-order valence-corrected chi connectivity index (χ2v) is 4.83. The van der Waals surface area contributed by atoms with E-state index in [9.17, 15) is 4.39 Å². The molecule has 0 saturated heterocycles. The molecule has 0 unspecified atom stereocenters. The van der Waals surface area contributed by atoms with Gasteiger partial charge in [-0.25, -0.2) is 9.37 Å². The van der Waals surface area contributed by atoms with E-state index in [1.807, 2.05) is 26.0 Å². The van der Waals surface area contributed by atoms with Gasteiger partial charge in [-0.1, -0.05) is 6.07 Å². The van der Waals surface area contributed by atoms with Gasteiger partial charge in [-0.2, -0.15) is 5.26 Å². The van der Waals surface area contributed by atoms with Crippen LogP contribution in [0, 0.1) is 17.1 Å². The van der Waals surface area contributed by atoms with Crippen LogP contribution in [0.15, 0.2) is 36.5 Å². The van der Waals surface area contributed by atoms with E-state index in [1.165, 1.54) is 12.1 Å². The number of halogens is 1. The molecule has 2 rings (SSSR count). The highest BCUT2D eigenvalue weighted by Gasteiger charge is 2.04. The highest BCUT2D eigenvalue weighted by molar-refractivity contribution is 5.57. The smallest absolute Gasteiger partial charge is 0.213 e. The van der Waals surface area contributed by atoms with Crippen molar-refractivity contribution >= 4 is 5.69 Å². The summed E-state index contributed by atoms with van der Waals surface area (Å²) in [5, 5.41) is 12.1. The molecule has 0 atom stereocenters. The molecule has 0 saturated carbocycles. The topological polar surface area (TPSA) is 57.9 Å². The molecule has 108 valence electrons. The molecule has 0 radical (unpaired) electrons. The largest absolute Gasteiger partial charge is 0.475 e. The summed E-state index contributed by atoms with van der Waals surface area (Å²) >= 11 is 0. The summed E-state index contributed by atoms with van der Waals surface area (Å²) < 4.78 is 18.5. The van der Waals surface area contributed by atoms with Gasteiger partial charge in [0.25, 0.3) is 0 Å². The number of anilines is 1. The molecule has 1 aromatic carbocycles. The average molecular weight is 285 g/mol. The van der Waals surface area contributed by atoms with Crippen LogP contribution in [0.1, 0.15) is 25.0 Å². The van der Waals surface area contributed by atoms with Gasteiger partial charge in [0.2, 0.25) is 5.88 Å². The first-order valence-electron chi connectivity index (χ1n) is 6.63. The zero-order valence-electron chi connectivity index (χ0n) is 11.9. The molecule has 1 aromatic heterocycles. The highest BCUT2D eigenvalue weighted by atomic mass is 19.1. The summed E-state index contributed by atoms with van der Waals surface area (Å²) in [6.45, 7) is 4.37. The van der Waals surface area contributed by atoms with E-state index < -0.39 is 5.82 Å². The third-order valence-electron chi connectivity index (χ3n) is 2.74. The molecular formula is C16H16FN3O. The second kappa shape index (κ2) is 6.71. The molecule has 0 fully saturated rings. The van der Waals surface area contributed by atoms with Crippen molar-refractivity contribution in [2.45, 2.75) is 26.5 Å². The molecule has 1 heterocycles. The lowest BCUT2D eigenvalue weighted by Crippen LogP contribution is -2.07. The first-order valence-corrected chi connectivity index (χ1v) is 6.63. The van der Waals surface area contributed by atoms with Gasteiger partial charge < -0.3 is 10.1 Å². The minimum Gasteiger partial charge on any atom is -0.475 e. The average Bonchev–Trinajstić information content (AvgIpc) is 2.46. The molecule has 21 heavy (non-hydrogen) atoms. The predicted octanol–water partition coefficient (Wildman–Crippen LogP) is 3.49. The van der Waals surface area contributed by atoms with Crippen molar-refractivity contribution < 1.29 is 9.13 Å². The number of ether oxygens (including phenoxy) is 1. The lowest BCUT2D eigenvalue weighted by atomic mass is 10.2. The summed E-state index contributed by atoms with van der Waals surface area (Å²) in [6, 6.07) is 9.74. The van der Waals surface area contributed by atoms with Crippen LogP contribution < -0.4 is 10.1 Å². The van der Waals surface area contributed by atoms with Crippen LogP contribution in [-0.4, -0.2) is 11.1 Å². The number of hydrogen-bond donors (Lipinski definition) is 1. The first-order chi connectivity index (χ1) is 10.1. The number of nitriles is 1. The van der Waals surface area contributed by atoms with Gasteiger partial charge in [0, 0.05) is 18.8 Å². The molecule has 0 amide bonds. The van der Waals surface area contributed by atoms with Crippen LogP contribution in [0.25, 0.3) is 0 Å². The van der Waals surface area contributed by atoms with Crippen LogP contribution in [0.2, 0.25) is 0 Å². The molecular weight excluding hydrogens is 269 g/mol.